The molecule has 7 heteroatoms. The van der Waals surface area contributed by atoms with Crippen LogP contribution in [0.3, 0.4) is 0 Å². The maximum atomic E-state index is 6.47. The summed E-state index contributed by atoms with van der Waals surface area (Å²) in [5.41, 5.74) is 10.0. The number of para-hydroxylation sites is 1. The van der Waals surface area contributed by atoms with Gasteiger partial charge in [-0.25, -0.2) is 24.9 Å². The van der Waals surface area contributed by atoms with Gasteiger partial charge in [0.05, 0.1) is 0 Å². The molecule has 56 heavy (non-hydrogen) atoms. The molecule has 0 bridgehead atoms. The van der Waals surface area contributed by atoms with Gasteiger partial charge >= 0.3 is 0 Å². The molecule has 0 saturated carbocycles. The van der Waals surface area contributed by atoms with Crippen LogP contribution in [0.15, 0.2) is 180 Å². The van der Waals surface area contributed by atoms with Crippen LogP contribution < -0.4 is 0 Å². The fourth-order valence-corrected chi connectivity index (χ4v) is 8.65. The fourth-order valence-electron chi connectivity index (χ4n) is 7.48. The first-order chi connectivity index (χ1) is 27.7. The lowest BCUT2D eigenvalue weighted by Crippen LogP contribution is -1.99. The van der Waals surface area contributed by atoms with E-state index < -0.39 is 0 Å². The Kier molecular flexibility index (Phi) is 7.57. The van der Waals surface area contributed by atoms with Crippen molar-refractivity contribution in [2.45, 2.75) is 0 Å². The molecule has 0 saturated heterocycles. The predicted molar refractivity (Wildman–Crippen MR) is 228 cm³/mol. The van der Waals surface area contributed by atoms with E-state index in [1.54, 1.807) is 11.3 Å². The van der Waals surface area contributed by atoms with Gasteiger partial charge in [-0.2, -0.15) is 0 Å². The summed E-state index contributed by atoms with van der Waals surface area (Å²) in [5.74, 6) is 2.60. The zero-order valence-corrected chi connectivity index (χ0v) is 30.6. The number of furan rings is 1. The maximum absolute atomic E-state index is 6.47. The van der Waals surface area contributed by atoms with Crippen molar-refractivity contribution in [3.63, 3.8) is 0 Å². The van der Waals surface area contributed by atoms with Gasteiger partial charge in [0, 0.05) is 53.4 Å². The highest BCUT2D eigenvalue weighted by Crippen LogP contribution is 2.43. The van der Waals surface area contributed by atoms with Crippen LogP contribution in [-0.4, -0.2) is 24.9 Å². The van der Waals surface area contributed by atoms with Crippen molar-refractivity contribution < 1.29 is 4.42 Å². The topological polar surface area (TPSA) is 77.6 Å². The van der Waals surface area contributed by atoms with Crippen LogP contribution in [0.2, 0.25) is 0 Å². The molecule has 262 valence electrons. The Morgan fingerprint density at radius 2 is 0.946 bits per heavy atom. The van der Waals surface area contributed by atoms with Crippen molar-refractivity contribution in [3.05, 3.63) is 176 Å². The first-order valence-electron chi connectivity index (χ1n) is 18.4. The molecule has 0 aliphatic carbocycles. The molecule has 11 aromatic rings. The first-order valence-corrected chi connectivity index (χ1v) is 19.2. The highest BCUT2D eigenvalue weighted by Gasteiger charge is 2.20. The summed E-state index contributed by atoms with van der Waals surface area (Å²) in [6, 6.07) is 60.0. The maximum Gasteiger partial charge on any atom is 0.180 e. The average molecular weight is 736 g/mol. The molecule has 0 unspecified atom stereocenters. The van der Waals surface area contributed by atoms with Crippen molar-refractivity contribution in [1.82, 2.24) is 24.9 Å². The third-order valence-corrected chi connectivity index (χ3v) is 11.3. The quantitative estimate of drug-likeness (QED) is 0.169. The monoisotopic (exact) mass is 735 g/mol. The fraction of sp³-hybridized carbons (Fsp3) is 0. The highest BCUT2D eigenvalue weighted by molar-refractivity contribution is 7.26. The minimum absolute atomic E-state index is 0.640. The van der Waals surface area contributed by atoms with Gasteiger partial charge in [-0.1, -0.05) is 146 Å². The van der Waals surface area contributed by atoms with E-state index in [2.05, 4.69) is 66.7 Å². The highest BCUT2D eigenvalue weighted by atomic mass is 32.1. The summed E-state index contributed by atoms with van der Waals surface area (Å²) < 4.78 is 8.84. The van der Waals surface area contributed by atoms with Gasteiger partial charge in [0.1, 0.15) is 16.8 Å². The number of hydrogen-bond donors (Lipinski definition) is 0. The third kappa shape index (κ3) is 5.52. The lowest BCUT2D eigenvalue weighted by atomic mass is 9.96. The molecule has 11 rings (SSSR count). The van der Waals surface area contributed by atoms with Gasteiger partial charge in [0.2, 0.25) is 0 Å². The minimum atomic E-state index is 0.640. The normalized spacial score (nSPS) is 11.6. The van der Waals surface area contributed by atoms with Crippen LogP contribution in [0, 0.1) is 0 Å². The van der Waals surface area contributed by atoms with Crippen molar-refractivity contribution in [2.75, 3.05) is 0 Å². The molecule has 0 atom stereocenters. The van der Waals surface area contributed by atoms with Crippen LogP contribution in [0.25, 0.3) is 110 Å². The third-order valence-electron chi connectivity index (χ3n) is 10.2. The molecule has 0 spiro atoms. The van der Waals surface area contributed by atoms with Gasteiger partial charge in [-0.3, -0.25) is 0 Å². The molecular formula is C49H29N5OS. The van der Waals surface area contributed by atoms with Gasteiger partial charge in [-0.05, 0) is 41.5 Å². The van der Waals surface area contributed by atoms with E-state index in [-0.39, 0.29) is 0 Å². The van der Waals surface area contributed by atoms with E-state index in [1.165, 1.54) is 15.5 Å². The van der Waals surface area contributed by atoms with Crippen molar-refractivity contribution in [2.24, 2.45) is 0 Å². The number of benzene rings is 7. The van der Waals surface area contributed by atoms with E-state index in [4.69, 9.17) is 29.3 Å². The number of nitrogens with zero attached hydrogens (tertiary/aromatic N) is 5. The average Bonchev–Trinajstić information content (AvgIpc) is 3.85. The molecule has 0 aliphatic heterocycles. The summed E-state index contributed by atoms with van der Waals surface area (Å²) in [7, 11) is 0. The lowest BCUT2D eigenvalue weighted by Gasteiger charge is -2.10. The SMILES string of the molecule is c1ccc(-c2nc(-c3ccccc3)nc(-c3ccc4c(c3)sc3cccc(-c5cccc(-c6nc(-c7ccccc7)nc7c6oc6ccccc67)c5)c34)n2)cc1. The second-order valence-electron chi connectivity index (χ2n) is 13.6. The van der Waals surface area contributed by atoms with Crippen LogP contribution >= 0.6 is 11.3 Å². The van der Waals surface area contributed by atoms with Gasteiger partial charge in [0.25, 0.3) is 0 Å². The number of aromatic nitrogens is 5. The number of thiophene rings is 1. The largest absolute Gasteiger partial charge is 0.452 e. The van der Waals surface area contributed by atoms with E-state index in [0.29, 0.717) is 28.9 Å². The smallest absolute Gasteiger partial charge is 0.180 e. The summed E-state index contributed by atoms with van der Waals surface area (Å²) in [6.07, 6.45) is 0. The van der Waals surface area contributed by atoms with Gasteiger partial charge in [0.15, 0.2) is 28.9 Å². The molecule has 4 heterocycles. The molecule has 6 nitrogen and oxygen atoms in total. The molecule has 0 aliphatic rings. The van der Waals surface area contributed by atoms with E-state index >= 15 is 0 Å². The Bertz CT molecular complexity index is 3190. The summed E-state index contributed by atoms with van der Waals surface area (Å²) in [6.45, 7) is 0. The molecule has 0 N–H and O–H groups in total. The van der Waals surface area contributed by atoms with E-state index in [9.17, 15) is 0 Å². The first kappa shape index (κ1) is 32.1. The summed E-state index contributed by atoms with van der Waals surface area (Å²) in [5, 5.41) is 3.37. The Labute approximate surface area is 325 Å². The Morgan fingerprint density at radius 3 is 1.64 bits per heavy atom. The van der Waals surface area contributed by atoms with Crippen LogP contribution in [0.1, 0.15) is 0 Å². The zero-order chi connectivity index (χ0) is 37.0. The minimum Gasteiger partial charge on any atom is -0.452 e. The van der Waals surface area contributed by atoms with Crippen LogP contribution in [-0.2, 0) is 0 Å². The zero-order valence-electron chi connectivity index (χ0n) is 29.8. The van der Waals surface area contributed by atoms with E-state index in [1.807, 2.05) is 109 Å². The molecule has 0 fully saturated rings. The molecule has 0 radical (unpaired) electrons. The molecule has 7 aromatic carbocycles. The van der Waals surface area contributed by atoms with Crippen LogP contribution in [0.4, 0.5) is 0 Å². The molecule has 0 amide bonds. The standard InChI is InChI=1S/C49H29N5OS/c1-4-14-30(15-5-1)46-50-43(45-44(51-46)37-22-10-11-24-39(37)55-45)34-21-12-20-33(28-34)36-23-13-25-40-42(36)38-27-26-35(29-41(38)56-40)49-53-47(31-16-6-2-7-17-31)52-48(54-49)32-18-8-3-9-19-32/h1-29H. The van der Waals surface area contributed by atoms with Gasteiger partial charge < -0.3 is 4.42 Å². The Balaban J connectivity index is 1.05. The van der Waals surface area contributed by atoms with E-state index in [0.717, 1.165) is 65.8 Å². The second-order valence-corrected chi connectivity index (χ2v) is 14.7. The summed E-state index contributed by atoms with van der Waals surface area (Å²) in [4.78, 5) is 25.0. The number of fused-ring (bicyclic) bond motifs is 6. The number of hydrogen-bond acceptors (Lipinski definition) is 7. The Morgan fingerprint density at radius 1 is 0.375 bits per heavy atom. The van der Waals surface area contributed by atoms with Crippen molar-refractivity contribution in [3.8, 4) is 67.9 Å². The van der Waals surface area contributed by atoms with Gasteiger partial charge in [-0.15, -0.1) is 11.3 Å². The second kappa shape index (κ2) is 13.2. The summed E-state index contributed by atoms with van der Waals surface area (Å²) >= 11 is 1.78. The molecule has 4 aromatic heterocycles. The van der Waals surface area contributed by atoms with Crippen molar-refractivity contribution >= 4 is 53.6 Å². The predicted octanol–water partition coefficient (Wildman–Crippen LogP) is 12.9. The number of rotatable bonds is 6. The molecular weight excluding hydrogens is 707 g/mol. The van der Waals surface area contributed by atoms with Crippen molar-refractivity contribution in [1.29, 1.82) is 0 Å². The van der Waals surface area contributed by atoms with Crippen LogP contribution in [0.5, 0.6) is 0 Å². The Hall–Kier alpha value is -7.35. The lowest BCUT2D eigenvalue weighted by molar-refractivity contribution is 0.667.